The van der Waals surface area contributed by atoms with Crippen LogP contribution in [0.25, 0.3) is 10.9 Å². The predicted octanol–water partition coefficient (Wildman–Crippen LogP) is 1.08. The maximum Gasteiger partial charge on any atom is 0.307 e. The summed E-state index contributed by atoms with van der Waals surface area (Å²) in [6, 6.07) is 10.3. The van der Waals surface area contributed by atoms with Crippen molar-refractivity contribution in [2.75, 3.05) is 0 Å². The lowest BCUT2D eigenvalue weighted by molar-refractivity contribution is 0.0945. The van der Waals surface area contributed by atoms with Gasteiger partial charge in [0, 0.05) is 18.0 Å². The molecule has 0 radical (unpaired) electrons. The highest BCUT2D eigenvalue weighted by molar-refractivity contribution is 5.93. The summed E-state index contributed by atoms with van der Waals surface area (Å²) in [7, 11) is 0. The first kappa shape index (κ1) is 13.6. The second-order valence-electron chi connectivity index (χ2n) is 4.42. The Morgan fingerprint density at radius 1 is 1.23 bits per heavy atom. The van der Waals surface area contributed by atoms with E-state index >= 15 is 0 Å². The quantitative estimate of drug-likeness (QED) is 0.557. The average molecular weight is 293 g/mol. The number of hydrogen-bond donors (Lipinski definition) is 2. The number of benzene rings is 1. The molecule has 0 saturated carbocycles. The Balaban J connectivity index is 1.81. The molecule has 2 heterocycles. The van der Waals surface area contributed by atoms with E-state index in [1.54, 1.807) is 48.8 Å². The van der Waals surface area contributed by atoms with Crippen molar-refractivity contribution < 1.29 is 4.79 Å². The SMILES string of the molecule is O=C(N/N=C\c1cccnc1)c1nc2ccccc2c(=O)[nH]1. The number of aromatic amines is 1. The summed E-state index contributed by atoms with van der Waals surface area (Å²) >= 11 is 0. The molecule has 0 spiro atoms. The molecule has 3 aromatic rings. The second kappa shape index (κ2) is 5.96. The highest BCUT2D eigenvalue weighted by Crippen LogP contribution is 2.05. The van der Waals surface area contributed by atoms with Crippen LogP contribution < -0.4 is 11.0 Å². The van der Waals surface area contributed by atoms with Gasteiger partial charge in [-0.05, 0) is 18.2 Å². The van der Waals surface area contributed by atoms with E-state index < -0.39 is 5.91 Å². The largest absolute Gasteiger partial charge is 0.307 e. The van der Waals surface area contributed by atoms with Crippen molar-refractivity contribution in [2.24, 2.45) is 5.10 Å². The zero-order valence-electron chi connectivity index (χ0n) is 11.4. The molecule has 0 fully saturated rings. The number of nitrogens with zero attached hydrogens (tertiary/aromatic N) is 3. The number of pyridine rings is 1. The number of aromatic nitrogens is 3. The number of carbonyl (C=O) groups is 1. The van der Waals surface area contributed by atoms with Crippen LogP contribution in [-0.2, 0) is 0 Å². The Kier molecular flexibility index (Phi) is 3.69. The summed E-state index contributed by atoms with van der Waals surface area (Å²) in [5.41, 5.74) is 3.13. The number of H-pyrrole nitrogens is 1. The highest BCUT2D eigenvalue weighted by Gasteiger charge is 2.10. The second-order valence-corrected chi connectivity index (χ2v) is 4.42. The molecular formula is C15H11N5O2. The van der Waals surface area contributed by atoms with E-state index in [1.807, 2.05) is 0 Å². The summed E-state index contributed by atoms with van der Waals surface area (Å²) in [5.74, 6) is -0.685. The van der Waals surface area contributed by atoms with Gasteiger partial charge in [-0.1, -0.05) is 18.2 Å². The fourth-order valence-electron chi connectivity index (χ4n) is 1.86. The zero-order chi connectivity index (χ0) is 15.4. The van der Waals surface area contributed by atoms with E-state index in [1.165, 1.54) is 6.21 Å². The van der Waals surface area contributed by atoms with E-state index in [9.17, 15) is 9.59 Å². The number of amides is 1. The van der Waals surface area contributed by atoms with Crippen molar-refractivity contribution in [3.8, 4) is 0 Å². The Bertz CT molecular complexity index is 902. The maximum atomic E-state index is 12.0. The number of hydrazone groups is 1. The van der Waals surface area contributed by atoms with Crippen LogP contribution in [0.5, 0.6) is 0 Å². The van der Waals surface area contributed by atoms with E-state index in [2.05, 4.69) is 25.5 Å². The minimum absolute atomic E-state index is 0.0907. The first-order valence-corrected chi connectivity index (χ1v) is 6.46. The third kappa shape index (κ3) is 2.88. The predicted molar refractivity (Wildman–Crippen MR) is 81.7 cm³/mol. The summed E-state index contributed by atoms with van der Waals surface area (Å²) in [4.78, 5) is 34.3. The van der Waals surface area contributed by atoms with Gasteiger partial charge >= 0.3 is 5.91 Å². The summed E-state index contributed by atoms with van der Waals surface area (Å²) in [6.07, 6.45) is 4.69. The topological polar surface area (TPSA) is 100 Å². The Hall–Kier alpha value is -3.35. The Morgan fingerprint density at radius 2 is 2.09 bits per heavy atom. The molecule has 1 amide bonds. The van der Waals surface area contributed by atoms with E-state index in [-0.39, 0.29) is 11.4 Å². The molecule has 0 unspecified atom stereocenters. The highest BCUT2D eigenvalue weighted by atomic mass is 16.2. The minimum atomic E-state index is -0.594. The average Bonchev–Trinajstić information content (AvgIpc) is 2.56. The molecule has 3 rings (SSSR count). The summed E-state index contributed by atoms with van der Waals surface area (Å²) < 4.78 is 0. The maximum absolute atomic E-state index is 12.0. The molecule has 0 aliphatic carbocycles. The van der Waals surface area contributed by atoms with Gasteiger partial charge in [-0.15, -0.1) is 0 Å². The van der Waals surface area contributed by atoms with Gasteiger partial charge in [0.1, 0.15) is 0 Å². The summed E-state index contributed by atoms with van der Waals surface area (Å²) in [5, 5.41) is 4.23. The number of hydrogen-bond acceptors (Lipinski definition) is 5. The van der Waals surface area contributed by atoms with Crippen molar-refractivity contribution in [3.05, 3.63) is 70.5 Å². The first-order valence-electron chi connectivity index (χ1n) is 6.46. The molecule has 7 nitrogen and oxygen atoms in total. The van der Waals surface area contributed by atoms with Crippen LogP contribution >= 0.6 is 0 Å². The Morgan fingerprint density at radius 3 is 2.91 bits per heavy atom. The molecular weight excluding hydrogens is 282 g/mol. The van der Waals surface area contributed by atoms with Gasteiger partial charge in [0.15, 0.2) is 0 Å². The van der Waals surface area contributed by atoms with Crippen LogP contribution in [0, 0.1) is 0 Å². The van der Waals surface area contributed by atoms with Gasteiger partial charge in [0.05, 0.1) is 17.1 Å². The smallest absolute Gasteiger partial charge is 0.302 e. The van der Waals surface area contributed by atoms with Crippen molar-refractivity contribution in [3.63, 3.8) is 0 Å². The van der Waals surface area contributed by atoms with E-state index in [0.29, 0.717) is 10.9 Å². The molecule has 2 aromatic heterocycles. The van der Waals surface area contributed by atoms with Crippen LogP contribution in [0.3, 0.4) is 0 Å². The summed E-state index contributed by atoms with van der Waals surface area (Å²) in [6.45, 7) is 0. The molecule has 7 heteroatoms. The van der Waals surface area contributed by atoms with Crippen LogP contribution in [0.2, 0.25) is 0 Å². The molecule has 2 N–H and O–H groups in total. The van der Waals surface area contributed by atoms with Gasteiger partial charge in [-0.25, -0.2) is 10.4 Å². The molecule has 0 bridgehead atoms. The van der Waals surface area contributed by atoms with Crippen molar-refractivity contribution in [2.45, 2.75) is 0 Å². The van der Waals surface area contributed by atoms with Gasteiger partial charge < -0.3 is 4.98 Å². The van der Waals surface area contributed by atoms with Crippen LogP contribution in [-0.4, -0.2) is 27.1 Å². The number of fused-ring (bicyclic) bond motifs is 1. The third-order valence-electron chi connectivity index (χ3n) is 2.89. The van der Waals surface area contributed by atoms with Crippen molar-refractivity contribution in [1.82, 2.24) is 20.4 Å². The molecule has 22 heavy (non-hydrogen) atoms. The molecule has 1 aromatic carbocycles. The monoisotopic (exact) mass is 293 g/mol. The third-order valence-corrected chi connectivity index (χ3v) is 2.89. The molecule has 0 atom stereocenters. The lowest BCUT2D eigenvalue weighted by Gasteiger charge is -2.01. The number of para-hydroxylation sites is 1. The normalized spacial score (nSPS) is 10.9. The number of rotatable bonds is 3. The zero-order valence-corrected chi connectivity index (χ0v) is 11.4. The van der Waals surface area contributed by atoms with Gasteiger partial charge in [0.2, 0.25) is 5.82 Å². The number of carbonyl (C=O) groups excluding carboxylic acids is 1. The van der Waals surface area contributed by atoms with Crippen LogP contribution in [0.15, 0.2) is 58.7 Å². The fraction of sp³-hybridized carbons (Fsp3) is 0. The molecule has 0 saturated heterocycles. The van der Waals surface area contributed by atoms with Gasteiger partial charge in [-0.3, -0.25) is 14.6 Å². The lowest BCUT2D eigenvalue weighted by Crippen LogP contribution is -2.24. The van der Waals surface area contributed by atoms with Gasteiger partial charge in [0.25, 0.3) is 5.56 Å². The van der Waals surface area contributed by atoms with E-state index in [4.69, 9.17) is 0 Å². The van der Waals surface area contributed by atoms with Crippen LogP contribution in [0.1, 0.15) is 16.2 Å². The first-order chi connectivity index (χ1) is 10.7. The lowest BCUT2D eigenvalue weighted by atomic mass is 10.2. The fourth-order valence-corrected chi connectivity index (χ4v) is 1.86. The Labute approximate surface area is 124 Å². The van der Waals surface area contributed by atoms with Crippen molar-refractivity contribution in [1.29, 1.82) is 0 Å². The van der Waals surface area contributed by atoms with Gasteiger partial charge in [-0.2, -0.15) is 5.10 Å². The molecule has 108 valence electrons. The van der Waals surface area contributed by atoms with E-state index in [0.717, 1.165) is 5.56 Å². The standard InChI is InChI=1S/C15H11N5O2/c21-14-11-5-1-2-6-12(11)18-13(19-14)15(22)20-17-9-10-4-3-7-16-8-10/h1-9H,(H,20,22)(H,18,19,21)/b17-9-. The minimum Gasteiger partial charge on any atom is -0.302 e. The van der Waals surface area contributed by atoms with Crippen molar-refractivity contribution >= 4 is 23.0 Å². The van der Waals surface area contributed by atoms with Crippen LogP contribution in [0.4, 0.5) is 0 Å². The molecule has 0 aliphatic heterocycles. The number of nitrogens with one attached hydrogen (secondary N) is 2. The molecule has 0 aliphatic rings.